The number of benzene rings is 2. The molecule has 1 fully saturated rings. The molecule has 8 nitrogen and oxygen atoms in total. The Bertz CT molecular complexity index is 1730. The first-order valence-corrected chi connectivity index (χ1v) is 14.4. The van der Waals surface area contributed by atoms with Gasteiger partial charge in [0.2, 0.25) is 0 Å². The van der Waals surface area contributed by atoms with Crippen molar-refractivity contribution in [3.63, 3.8) is 0 Å². The minimum absolute atomic E-state index is 0.204. The largest absolute Gasteiger partial charge is 0.343 e. The van der Waals surface area contributed by atoms with Crippen LogP contribution in [-0.2, 0) is 12.5 Å². The molecule has 0 saturated heterocycles. The fourth-order valence-electron chi connectivity index (χ4n) is 5.64. The number of thiophene rings is 1. The van der Waals surface area contributed by atoms with Crippen molar-refractivity contribution < 1.29 is 9.59 Å². The van der Waals surface area contributed by atoms with Crippen molar-refractivity contribution in [1.82, 2.24) is 20.1 Å². The lowest BCUT2D eigenvalue weighted by Gasteiger charge is -2.24. The molecule has 3 aromatic heterocycles. The molecule has 4 N–H and O–H groups in total. The van der Waals surface area contributed by atoms with Crippen LogP contribution in [0.2, 0.25) is 0 Å². The Kier molecular flexibility index (Phi) is 6.85. The average molecular weight is 553 g/mol. The average Bonchev–Trinajstić information content (AvgIpc) is 3.70. The number of fused-ring (bicyclic) bond motifs is 2. The van der Waals surface area contributed by atoms with Gasteiger partial charge in [-0.25, -0.2) is 4.98 Å². The van der Waals surface area contributed by atoms with Gasteiger partial charge in [0.25, 0.3) is 11.8 Å². The topological polar surface area (TPSA) is 115 Å². The Balaban J connectivity index is 1.20. The van der Waals surface area contributed by atoms with E-state index in [1.807, 2.05) is 24.3 Å². The summed E-state index contributed by atoms with van der Waals surface area (Å²) in [5.41, 5.74) is 10.3. The second-order valence-corrected chi connectivity index (χ2v) is 11.9. The highest BCUT2D eigenvalue weighted by atomic mass is 32.1. The lowest BCUT2D eigenvalue weighted by Crippen LogP contribution is -2.33. The second-order valence-electron chi connectivity index (χ2n) is 10.9. The molecule has 204 valence electrons. The second kappa shape index (κ2) is 10.5. The monoisotopic (exact) mass is 552 g/mol. The highest BCUT2D eigenvalue weighted by Crippen LogP contribution is 2.41. The summed E-state index contributed by atoms with van der Waals surface area (Å²) < 4.78 is 1.57. The van der Waals surface area contributed by atoms with E-state index in [-0.39, 0.29) is 23.8 Å². The molecule has 1 aliphatic carbocycles. The van der Waals surface area contributed by atoms with E-state index < -0.39 is 6.04 Å². The predicted molar refractivity (Wildman–Crippen MR) is 160 cm³/mol. The minimum atomic E-state index is -0.425. The van der Waals surface area contributed by atoms with Gasteiger partial charge in [0, 0.05) is 36.2 Å². The number of nitrogens with one attached hydrogen (secondary N) is 2. The molecule has 2 amide bonds. The van der Waals surface area contributed by atoms with Crippen molar-refractivity contribution in [1.29, 1.82) is 0 Å². The zero-order valence-electron chi connectivity index (χ0n) is 22.6. The van der Waals surface area contributed by atoms with E-state index >= 15 is 0 Å². The Morgan fingerprint density at radius 1 is 1.05 bits per heavy atom. The maximum atomic E-state index is 13.3. The highest BCUT2D eigenvalue weighted by Gasteiger charge is 2.30. The van der Waals surface area contributed by atoms with Crippen LogP contribution in [0.4, 0.5) is 5.69 Å². The summed E-state index contributed by atoms with van der Waals surface area (Å²) in [6, 6.07) is 19.2. The summed E-state index contributed by atoms with van der Waals surface area (Å²) in [7, 11) is 1.76. The molecular weight excluding hydrogens is 520 g/mol. The molecule has 3 heterocycles. The Morgan fingerprint density at radius 3 is 2.62 bits per heavy atom. The van der Waals surface area contributed by atoms with Crippen molar-refractivity contribution in [2.75, 3.05) is 11.9 Å². The number of aryl methyl sites for hydroxylation is 1. The van der Waals surface area contributed by atoms with Crippen LogP contribution in [0.5, 0.6) is 0 Å². The van der Waals surface area contributed by atoms with E-state index in [9.17, 15) is 9.59 Å². The number of nitrogens with two attached hydrogens (primary N) is 1. The minimum Gasteiger partial charge on any atom is -0.343 e. The molecule has 9 heteroatoms. The first-order valence-electron chi connectivity index (χ1n) is 13.6. The van der Waals surface area contributed by atoms with Crippen LogP contribution in [-0.4, -0.2) is 33.1 Å². The number of carbonyl (C=O) groups is 2. The maximum absolute atomic E-state index is 13.3. The third kappa shape index (κ3) is 5.10. The van der Waals surface area contributed by atoms with Gasteiger partial charge in [0.15, 0.2) is 5.69 Å². The molecule has 0 aliphatic heterocycles. The van der Waals surface area contributed by atoms with Crippen molar-refractivity contribution in [2.24, 2.45) is 12.8 Å². The number of rotatable bonds is 7. The number of nitrogens with zero attached hydrogens (tertiary/aromatic N) is 3. The fourth-order valence-corrected chi connectivity index (χ4v) is 6.56. The molecule has 0 radical (unpaired) electrons. The molecule has 1 aliphatic rings. The standard InChI is InChI=1S/C31H32N6O2S/c1-31(11-3-4-12-31)22-8-9-24-20(15-22)14-21-17-27(40-30(21)35-24)29(39)34-26(18-32)19-6-5-7-23(16-19)33-28(38)25-10-13-37(2)36-25/h5-10,13-17,26H,3-4,11-12,18,32H2,1-2H3,(H,33,38)(H,34,39)/t26-/m1/s1. The third-order valence-corrected chi connectivity index (χ3v) is 9.01. The van der Waals surface area contributed by atoms with Crippen LogP contribution in [0, 0.1) is 0 Å². The van der Waals surface area contributed by atoms with E-state index in [1.165, 1.54) is 42.6 Å². The number of pyridine rings is 1. The van der Waals surface area contributed by atoms with E-state index in [2.05, 4.69) is 46.9 Å². The fraction of sp³-hybridized carbons (Fsp3) is 0.290. The Morgan fingerprint density at radius 2 is 1.88 bits per heavy atom. The molecule has 0 unspecified atom stereocenters. The SMILES string of the molecule is Cn1ccc(C(=O)Nc2cccc([C@@H](CN)NC(=O)c3cc4cc5cc(C6(C)CCCC6)ccc5nc4s3)c2)n1. The number of hydrogen-bond donors (Lipinski definition) is 3. The molecule has 2 aromatic carbocycles. The Hall–Kier alpha value is -4.08. The number of carbonyl (C=O) groups excluding carboxylic acids is 2. The number of amides is 2. The highest BCUT2D eigenvalue weighted by molar-refractivity contribution is 7.20. The zero-order valence-corrected chi connectivity index (χ0v) is 23.4. The van der Waals surface area contributed by atoms with Crippen molar-refractivity contribution in [3.8, 4) is 0 Å². The summed E-state index contributed by atoms with van der Waals surface area (Å²) in [5, 5.41) is 12.1. The number of hydrogen-bond acceptors (Lipinski definition) is 6. The first kappa shape index (κ1) is 26.2. The van der Waals surface area contributed by atoms with Gasteiger partial charge in [-0.1, -0.05) is 38.0 Å². The summed E-state index contributed by atoms with van der Waals surface area (Å²) >= 11 is 1.38. The van der Waals surface area contributed by atoms with Gasteiger partial charge >= 0.3 is 0 Å². The van der Waals surface area contributed by atoms with Gasteiger partial charge in [0.1, 0.15) is 4.83 Å². The van der Waals surface area contributed by atoms with Crippen LogP contribution in [0.15, 0.2) is 66.9 Å². The van der Waals surface area contributed by atoms with Gasteiger partial charge in [-0.15, -0.1) is 11.3 Å². The lowest BCUT2D eigenvalue weighted by atomic mass is 9.80. The van der Waals surface area contributed by atoms with E-state index in [0.717, 1.165) is 26.7 Å². The Labute approximate surface area is 236 Å². The molecule has 0 spiro atoms. The van der Waals surface area contributed by atoms with Gasteiger partial charge in [0.05, 0.1) is 16.4 Å². The number of aromatic nitrogens is 3. The molecule has 0 bridgehead atoms. The van der Waals surface area contributed by atoms with Crippen LogP contribution in [0.25, 0.3) is 21.1 Å². The normalized spacial score (nSPS) is 15.4. The molecule has 1 saturated carbocycles. The molecule has 1 atom stereocenters. The van der Waals surface area contributed by atoms with Gasteiger partial charge < -0.3 is 16.4 Å². The van der Waals surface area contributed by atoms with E-state index in [4.69, 9.17) is 10.7 Å². The van der Waals surface area contributed by atoms with E-state index in [0.29, 0.717) is 16.3 Å². The molecule has 6 rings (SSSR count). The zero-order chi connectivity index (χ0) is 27.9. The van der Waals surface area contributed by atoms with Crippen LogP contribution in [0.3, 0.4) is 0 Å². The van der Waals surface area contributed by atoms with Crippen LogP contribution >= 0.6 is 11.3 Å². The van der Waals surface area contributed by atoms with Crippen molar-refractivity contribution in [3.05, 3.63) is 88.6 Å². The third-order valence-electron chi connectivity index (χ3n) is 7.96. The van der Waals surface area contributed by atoms with Gasteiger partial charge in [-0.05, 0) is 71.8 Å². The summed E-state index contributed by atoms with van der Waals surface area (Å²) in [5.74, 6) is -0.509. The first-order chi connectivity index (χ1) is 19.3. The van der Waals surface area contributed by atoms with Gasteiger partial charge in [-0.3, -0.25) is 14.3 Å². The quantitative estimate of drug-likeness (QED) is 0.240. The summed E-state index contributed by atoms with van der Waals surface area (Å²) in [6.45, 7) is 2.57. The summed E-state index contributed by atoms with van der Waals surface area (Å²) in [6.07, 6.45) is 6.72. The summed E-state index contributed by atoms with van der Waals surface area (Å²) in [4.78, 5) is 32.1. The van der Waals surface area contributed by atoms with Crippen molar-refractivity contribution in [2.45, 2.75) is 44.1 Å². The van der Waals surface area contributed by atoms with Crippen molar-refractivity contribution >= 4 is 50.0 Å². The molecular formula is C31H32N6O2S. The van der Waals surface area contributed by atoms with Gasteiger partial charge in [-0.2, -0.15) is 5.10 Å². The molecule has 40 heavy (non-hydrogen) atoms. The maximum Gasteiger partial charge on any atom is 0.276 e. The van der Waals surface area contributed by atoms with E-state index in [1.54, 1.807) is 30.1 Å². The van der Waals surface area contributed by atoms with Crippen LogP contribution in [0.1, 0.15) is 69.9 Å². The van der Waals surface area contributed by atoms with Crippen LogP contribution < -0.4 is 16.4 Å². The lowest BCUT2D eigenvalue weighted by molar-refractivity contribution is 0.0941. The molecule has 5 aromatic rings. The smallest absolute Gasteiger partial charge is 0.276 e. The predicted octanol–water partition coefficient (Wildman–Crippen LogP) is 5.70. The number of anilines is 1.